The predicted molar refractivity (Wildman–Crippen MR) is 104 cm³/mol. The molecule has 0 unspecified atom stereocenters. The van der Waals surface area contributed by atoms with Gasteiger partial charge in [-0.05, 0) is 58.6 Å². The summed E-state index contributed by atoms with van der Waals surface area (Å²) in [7, 11) is 1.33. The maximum atomic E-state index is 12.2. The Bertz CT molecular complexity index is 657. The van der Waals surface area contributed by atoms with Gasteiger partial charge in [-0.2, -0.15) is 0 Å². The van der Waals surface area contributed by atoms with Crippen molar-refractivity contribution in [2.75, 3.05) is 18.6 Å². The van der Waals surface area contributed by atoms with Gasteiger partial charge in [0, 0.05) is 18.8 Å². The average Bonchev–Trinajstić information content (AvgIpc) is 2.60. The number of ether oxygens (including phenoxy) is 2. The zero-order valence-corrected chi connectivity index (χ0v) is 16.9. The number of hydrogen-bond donors (Lipinski definition) is 1. The Morgan fingerprint density at radius 1 is 1.33 bits per heavy atom. The second-order valence-corrected chi connectivity index (χ2v) is 7.99. The van der Waals surface area contributed by atoms with E-state index in [1.54, 1.807) is 27.0 Å². The van der Waals surface area contributed by atoms with Gasteiger partial charge in [0.05, 0.1) is 31.5 Å². The van der Waals surface area contributed by atoms with Gasteiger partial charge in [0.2, 0.25) is 0 Å². The molecule has 1 aliphatic heterocycles. The number of pyridine rings is 1. The number of aromatic nitrogens is 1. The Morgan fingerprint density at radius 2 is 2.07 bits per heavy atom. The highest BCUT2D eigenvalue weighted by atomic mass is 16.6. The maximum absolute atomic E-state index is 12.2. The lowest BCUT2D eigenvalue weighted by Crippen LogP contribution is -2.38. The fraction of sp³-hybridized carbons (Fsp3) is 0.650. The van der Waals surface area contributed by atoms with Crippen molar-refractivity contribution in [2.24, 2.45) is 0 Å². The third-order valence-corrected chi connectivity index (χ3v) is 4.57. The Balaban J connectivity index is 2.22. The van der Waals surface area contributed by atoms with Crippen molar-refractivity contribution in [2.45, 2.75) is 71.1 Å². The summed E-state index contributed by atoms with van der Waals surface area (Å²) in [6.07, 6.45) is 6.46. The van der Waals surface area contributed by atoms with Crippen LogP contribution in [-0.2, 0) is 14.3 Å². The number of rotatable bonds is 5. The van der Waals surface area contributed by atoms with Gasteiger partial charge in [0.15, 0.2) is 0 Å². The molecular weight excluding hydrogens is 346 g/mol. The van der Waals surface area contributed by atoms with E-state index >= 15 is 0 Å². The molecular formula is C20H31N3O4. The first kappa shape index (κ1) is 21.0. The number of piperidine rings is 1. The number of hydrogen-bond acceptors (Lipinski definition) is 6. The van der Waals surface area contributed by atoms with Gasteiger partial charge >= 0.3 is 12.1 Å². The molecule has 1 aromatic heterocycles. The predicted octanol–water partition coefficient (Wildman–Crippen LogP) is 3.59. The largest absolute Gasteiger partial charge is 0.469 e. The number of nitrogens with zero attached hydrogens (tertiary/aromatic N) is 2. The van der Waals surface area contributed by atoms with Crippen LogP contribution in [0.5, 0.6) is 0 Å². The third kappa shape index (κ3) is 6.41. The van der Waals surface area contributed by atoms with Crippen LogP contribution in [0.2, 0.25) is 0 Å². The number of nitrogens with one attached hydrogen (secondary N) is 1. The number of carbonyl (C=O) groups is 2. The molecule has 1 amide bonds. The van der Waals surface area contributed by atoms with Gasteiger partial charge in [-0.3, -0.25) is 9.78 Å². The summed E-state index contributed by atoms with van der Waals surface area (Å²) in [5.41, 5.74) is 1.13. The molecule has 0 radical (unpaired) electrons. The Labute approximate surface area is 161 Å². The fourth-order valence-electron chi connectivity index (χ4n) is 3.23. The van der Waals surface area contributed by atoms with Gasteiger partial charge < -0.3 is 19.7 Å². The van der Waals surface area contributed by atoms with E-state index in [2.05, 4.69) is 22.1 Å². The number of amides is 1. The molecule has 1 aromatic rings. The molecule has 0 spiro atoms. The Morgan fingerprint density at radius 3 is 2.70 bits per heavy atom. The minimum atomic E-state index is -0.622. The van der Waals surface area contributed by atoms with E-state index in [-0.39, 0.29) is 6.42 Å². The molecule has 7 nitrogen and oxygen atoms in total. The standard InChI is InChI=1S/C20H31N3O4/c1-14-8-6-7-9-23(14)16-10-15(12-21-13-16)17(11-18(24)26-5)22-19(25)27-20(2,3)4/h10,12-14,17H,6-9,11H2,1-5H3,(H,22,25)/t14-,17+/m0/s1. The van der Waals surface area contributed by atoms with Crippen molar-refractivity contribution in [3.63, 3.8) is 0 Å². The SMILES string of the molecule is COC(=O)C[C@@H](NC(=O)OC(C)(C)C)c1cncc(N2CCCC[C@@H]2C)c1. The quantitative estimate of drug-likeness (QED) is 0.790. The fourth-order valence-corrected chi connectivity index (χ4v) is 3.23. The molecule has 150 valence electrons. The zero-order valence-electron chi connectivity index (χ0n) is 16.9. The summed E-state index contributed by atoms with van der Waals surface area (Å²) in [4.78, 5) is 30.8. The molecule has 2 heterocycles. The molecule has 1 aliphatic rings. The van der Waals surface area contributed by atoms with E-state index in [4.69, 9.17) is 9.47 Å². The highest BCUT2D eigenvalue weighted by molar-refractivity contribution is 5.73. The second-order valence-electron chi connectivity index (χ2n) is 7.99. The highest BCUT2D eigenvalue weighted by Crippen LogP contribution is 2.27. The Kier molecular flexibility index (Phi) is 7.05. The van der Waals surface area contributed by atoms with Crippen LogP contribution in [0.25, 0.3) is 0 Å². The van der Waals surface area contributed by atoms with Crippen molar-refractivity contribution >= 4 is 17.7 Å². The molecule has 1 N–H and O–H groups in total. The van der Waals surface area contributed by atoms with Crippen LogP contribution in [0.3, 0.4) is 0 Å². The van der Waals surface area contributed by atoms with Gasteiger partial charge in [-0.1, -0.05) is 0 Å². The number of esters is 1. The molecule has 0 aromatic carbocycles. The van der Waals surface area contributed by atoms with E-state index in [1.165, 1.54) is 13.5 Å². The molecule has 2 rings (SSSR count). The van der Waals surface area contributed by atoms with E-state index in [0.29, 0.717) is 6.04 Å². The van der Waals surface area contributed by atoms with E-state index in [0.717, 1.165) is 30.6 Å². The van der Waals surface area contributed by atoms with Crippen molar-refractivity contribution in [1.82, 2.24) is 10.3 Å². The summed E-state index contributed by atoms with van der Waals surface area (Å²) in [6.45, 7) is 8.57. The summed E-state index contributed by atoms with van der Waals surface area (Å²) >= 11 is 0. The molecule has 1 saturated heterocycles. The first-order chi connectivity index (χ1) is 12.7. The van der Waals surface area contributed by atoms with E-state index in [9.17, 15) is 9.59 Å². The highest BCUT2D eigenvalue weighted by Gasteiger charge is 2.25. The van der Waals surface area contributed by atoms with Crippen molar-refractivity contribution < 1.29 is 19.1 Å². The monoisotopic (exact) mass is 377 g/mol. The second kappa shape index (κ2) is 9.06. The smallest absolute Gasteiger partial charge is 0.408 e. The molecule has 1 fully saturated rings. The van der Waals surface area contributed by atoms with Crippen LogP contribution in [-0.4, -0.2) is 42.3 Å². The minimum absolute atomic E-state index is 0.0103. The average molecular weight is 377 g/mol. The lowest BCUT2D eigenvalue weighted by molar-refractivity contribution is -0.141. The molecule has 27 heavy (non-hydrogen) atoms. The first-order valence-electron chi connectivity index (χ1n) is 9.47. The number of carbonyl (C=O) groups excluding carboxylic acids is 2. The van der Waals surface area contributed by atoms with Crippen molar-refractivity contribution in [3.05, 3.63) is 24.0 Å². The molecule has 0 saturated carbocycles. The van der Waals surface area contributed by atoms with Crippen LogP contribution in [0.1, 0.15) is 65.0 Å². The summed E-state index contributed by atoms with van der Waals surface area (Å²) in [6, 6.07) is 1.85. The van der Waals surface area contributed by atoms with Gasteiger partial charge in [0.25, 0.3) is 0 Å². The summed E-state index contributed by atoms with van der Waals surface area (Å²) < 4.78 is 10.1. The summed E-state index contributed by atoms with van der Waals surface area (Å²) in [5, 5.41) is 2.78. The van der Waals surface area contributed by atoms with Crippen LogP contribution in [0.4, 0.5) is 10.5 Å². The van der Waals surface area contributed by atoms with E-state index < -0.39 is 23.7 Å². The van der Waals surface area contributed by atoms with Crippen LogP contribution in [0, 0.1) is 0 Å². The van der Waals surface area contributed by atoms with Crippen molar-refractivity contribution in [3.8, 4) is 0 Å². The van der Waals surface area contributed by atoms with Gasteiger partial charge in [0.1, 0.15) is 5.60 Å². The lowest BCUT2D eigenvalue weighted by Gasteiger charge is -2.35. The number of alkyl carbamates (subject to hydrolysis) is 1. The molecule has 2 atom stereocenters. The lowest BCUT2D eigenvalue weighted by atomic mass is 10.0. The van der Waals surface area contributed by atoms with E-state index in [1.807, 2.05) is 12.3 Å². The normalized spacial score (nSPS) is 18.6. The van der Waals surface area contributed by atoms with Crippen LogP contribution >= 0.6 is 0 Å². The molecule has 7 heteroatoms. The summed E-state index contributed by atoms with van der Waals surface area (Å²) in [5.74, 6) is -0.409. The molecule has 0 bridgehead atoms. The van der Waals surface area contributed by atoms with Gasteiger partial charge in [-0.15, -0.1) is 0 Å². The zero-order chi connectivity index (χ0) is 20.0. The minimum Gasteiger partial charge on any atom is -0.469 e. The maximum Gasteiger partial charge on any atom is 0.408 e. The van der Waals surface area contributed by atoms with Gasteiger partial charge in [-0.25, -0.2) is 4.79 Å². The van der Waals surface area contributed by atoms with Crippen LogP contribution in [0.15, 0.2) is 18.5 Å². The third-order valence-electron chi connectivity index (χ3n) is 4.57. The molecule has 0 aliphatic carbocycles. The van der Waals surface area contributed by atoms with Crippen LogP contribution < -0.4 is 10.2 Å². The Hall–Kier alpha value is -2.31. The number of methoxy groups -OCH3 is 1. The topological polar surface area (TPSA) is 80.8 Å². The number of anilines is 1. The van der Waals surface area contributed by atoms with Crippen molar-refractivity contribution in [1.29, 1.82) is 0 Å². The first-order valence-corrected chi connectivity index (χ1v) is 9.47.